The van der Waals surface area contributed by atoms with Crippen molar-refractivity contribution < 1.29 is 18.0 Å². The molecule has 0 aromatic heterocycles. The summed E-state index contributed by atoms with van der Waals surface area (Å²) in [4.78, 5) is 12.5. The van der Waals surface area contributed by atoms with Gasteiger partial charge in [0.05, 0.1) is 12.1 Å². The Labute approximate surface area is 157 Å². The van der Waals surface area contributed by atoms with Gasteiger partial charge in [-0.05, 0) is 18.3 Å². The lowest BCUT2D eigenvalue weighted by molar-refractivity contribution is -0.198. The van der Waals surface area contributed by atoms with Gasteiger partial charge in [-0.15, -0.1) is 0 Å². The molecule has 4 unspecified atom stereocenters. The zero-order valence-corrected chi connectivity index (χ0v) is 16.4. The summed E-state index contributed by atoms with van der Waals surface area (Å²) < 4.78 is 42.5. The van der Waals surface area contributed by atoms with Gasteiger partial charge in [0.15, 0.2) is 0 Å². The number of nitrogens with one attached hydrogen (secondary N) is 3. The Morgan fingerprint density at radius 1 is 1.31 bits per heavy atom. The highest BCUT2D eigenvalue weighted by atomic mass is 32.2. The number of hydrogen-bond acceptors (Lipinski definition) is 4. The molecule has 0 radical (unpaired) electrons. The normalized spacial score (nSPS) is 32.5. The fourth-order valence-electron chi connectivity index (χ4n) is 3.22. The molecule has 3 N–H and O–H groups in total. The second-order valence-electron chi connectivity index (χ2n) is 7.37. The number of alkyl halides is 3. The van der Waals surface area contributed by atoms with Crippen molar-refractivity contribution in [3.05, 3.63) is 23.8 Å². The number of hydrogen-bond donors (Lipinski definition) is 3. The van der Waals surface area contributed by atoms with E-state index in [0.717, 1.165) is 0 Å². The van der Waals surface area contributed by atoms with Crippen LogP contribution in [0.4, 0.5) is 13.2 Å². The standard InChI is InChI=1S/C18H28F3N3OS/c1-10(2)26-24-14-7-5-13(6-8-14)17(25)23-16-12(4)11(3)15(9-22-16)18(19,20)21/h5-7,10-12,14-16,22,24H,8-9H2,1-4H3,(H,23,25)/t11?,12-,14?,15?,16?/m0/s1. The van der Waals surface area contributed by atoms with Gasteiger partial charge in [-0.25, -0.2) is 0 Å². The highest BCUT2D eigenvalue weighted by Crippen LogP contribution is 2.38. The Hall–Kier alpha value is -0.990. The SMILES string of the molecule is CC(C)SNC1C=CC(C(=O)NC2NCC(C(F)(F)F)C(C)[C@@H]2C)=CC1. The van der Waals surface area contributed by atoms with Crippen LogP contribution >= 0.6 is 11.9 Å². The van der Waals surface area contributed by atoms with Gasteiger partial charge in [0.1, 0.15) is 0 Å². The lowest BCUT2D eigenvalue weighted by Crippen LogP contribution is -2.60. The summed E-state index contributed by atoms with van der Waals surface area (Å²) in [5.41, 5.74) is 0.553. The van der Waals surface area contributed by atoms with Gasteiger partial charge in [-0.3, -0.25) is 14.8 Å². The molecule has 1 heterocycles. The molecule has 148 valence electrons. The molecule has 1 amide bonds. The summed E-state index contributed by atoms with van der Waals surface area (Å²) in [6, 6.07) is 0.179. The number of carbonyl (C=O) groups excluding carboxylic acids is 1. The first kappa shape index (κ1) is 21.3. The van der Waals surface area contributed by atoms with Crippen LogP contribution < -0.4 is 15.4 Å². The molecule has 0 spiro atoms. The minimum absolute atomic E-state index is 0.173. The van der Waals surface area contributed by atoms with Gasteiger partial charge in [0.25, 0.3) is 5.91 Å². The van der Waals surface area contributed by atoms with Crippen molar-refractivity contribution in [2.45, 2.75) is 57.7 Å². The number of carbonyl (C=O) groups is 1. The number of rotatable bonds is 5. The van der Waals surface area contributed by atoms with E-state index in [1.807, 2.05) is 12.2 Å². The third kappa shape index (κ3) is 5.50. The maximum Gasteiger partial charge on any atom is 0.393 e. The van der Waals surface area contributed by atoms with Gasteiger partial charge in [0.2, 0.25) is 0 Å². The average Bonchev–Trinajstić information content (AvgIpc) is 2.56. The fourth-order valence-corrected chi connectivity index (χ4v) is 3.84. The third-order valence-electron chi connectivity index (χ3n) is 5.07. The Morgan fingerprint density at radius 2 is 2.00 bits per heavy atom. The van der Waals surface area contributed by atoms with Crippen LogP contribution in [-0.2, 0) is 4.79 Å². The number of amides is 1. The molecule has 1 fully saturated rings. The van der Waals surface area contributed by atoms with E-state index in [2.05, 4.69) is 29.2 Å². The zero-order chi connectivity index (χ0) is 19.5. The quantitative estimate of drug-likeness (QED) is 0.629. The highest BCUT2D eigenvalue weighted by molar-refractivity contribution is 7.98. The predicted molar refractivity (Wildman–Crippen MR) is 99.3 cm³/mol. The van der Waals surface area contributed by atoms with Crippen molar-refractivity contribution in [1.82, 2.24) is 15.4 Å². The Bertz CT molecular complexity index is 562. The Morgan fingerprint density at radius 3 is 2.54 bits per heavy atom. The van der Waals surface area contributed by atoms with Gasteiger partial charge < -0.3 is 5.32 Å². The molecule has 2 rings (SSSR count). The minimum atomic E-state index is -4.22. The number of piperidine rings is 1. The van der Waals surface area contributed by atoms with Crippen molar-refractivity contribution in [2.24, 2.45) is 17.8 Å². The van der Waals surface area contributed by atoms with Crippen LogP contribution in [0.5, 0.6) is 0 Å². The molecule has 26 heavy (non-hydrogen) atoms. The molecule has 0 saturated carbocycles. The maximum absolute atomic E-state index is 13.0. The smallest absolute Gasteiger partial charge is 0.336 e. The predicted octanol–water partition coefficient (Wildman–Crippen LogP) is 3.38. The van der Waals surface area contributed by atoms with Crippen LogP contribution in [0.1, 0.15) is 34.1 Å². The highest BCUT2D eigenvalue weighted by Gasteiger charge is 2.48. The van der Waals surface area contributed by atoms with E-state index < -0.39 is 24.2 Å². The van der Waals surface area contributed by atoms with Crippen LogP contribution in [0, 0.1) is 17.8 Å². The molecule has 1 aliphatic carbocycles. The van der Waals surface area contributed by atoms with Crippen molar-refractivity contribution in [3.63, 3.8) is 0 Å². The van der Waals surface area contributed by atoms with E-state index in [1.165, 1.54) is 0 Å². The van der Waals surface area contributed by atoms with Gasteiger partial charge in [-0.2, -0.15) is 13.2 Å². The molecule has 5 atom stereocenters. The molecule has 0 bridgehead atoms. The van der Waals surface area contributed by atoms with E-state index in [0.29, 0.717) is 17.2 Å². The molecule has 1 saturated heterocycles. The van der Waals surface area contributed by atoms with Crippen LogP contribution in [0.15, 0.2) is 23.8 Å². The molecule has 2 aliphatic rings. The molecule has 0 aromatic rings. The zero-order valence-electron chi connectivity index (χ0n) is 15.6. The lowest BCUT2D eigenvalue weighted by Gasteiger charge is -2.41. The van der Waals surface area contributed by atoms with Crippen molar-refractivity contribution in [3.8, 4) is 0 Å². The third-order valence-corrected chi connectivity index (χ3v) is 5.98. The fraction of sp³-hybridized carbons (Fsp3) is 0.722. The second kappa shape index (κ2) is 8.80. The summed E-state index contributed by atoms with van der Waals surface area (Å²) in [6.45, 7) is 7.37. The maximum atomic E-state index is 13.0. The molecule has 0 aromatic carbocycles. The summed E-state index contributed by atoms with van der Waals surface area (Å²) in [5, 5.41) is 6.16. The first-order chi connectivity index (χ1) is 12.1. The largest absolute Gasteiger partial charge is 0.393 e. The van der Waals surface area contributed by atoms with E-state index in [-0.39, 0.29) is 24.4 Å². The van der Waals surface area contributed by atoms with Crippen molar-refractivity contribution in [1.29, 1.82) is 0 Å². The molecule has 4 nitrogen and oxygen atoms in total. The summed E-state index contributed by atoms with van der Waals surface area (Å²) in [6.07, 6.45) is 1.61. The van der Waals surface area contributed by atoms with Gasteiger partial charge in [0, 0.05) is 23.4 Å². The van der Waals surface area contributed by atoms with Gasteiger partial charge >= 0.3 is 6.18 Å². The van der Waals surface area contributed by atoms with E-state index in [1.54, 1.807) is 31.9 Å². The minimum Gasteiger partial charge on any atom is -0.336 e. The molecule has 1 aliphatic heterocycles. The second-order valence-corrected chi connectivity index (χ2v) is 8.79. The number of halogens is 3. The van der Waals surface area contributed by atoms with Gasteiger partial charge in [-0.1, -0.05) is 57.9 Å². The molecular weight excluding hydrogens is 363 g/mol. The summed E-state index contributed by atoms with van der Waals surface area (Å²) in [5.74, 6) is -2.51. The average molecular weight is 392 g/mol. The monoisotopic (exact) mass is 391 g/mol. The van der Waals surface area contributed by atoms with Crippen molar-refractivity contribution >= 4 is 17.9 Å². The topological polar surface area (TPSA) is 53.2 Å². The Balaban J connectivity index is 1.88. The first-order valence-electron chi connectivity index (χ1n) is 9.00. The van der Waals surface area contributed by atoms with Crippen LogP contribution in [0.25, 0.3) is 0 Å². The Kier molecular flexibility index (Phi) is 7.21. The van der Waals surface area contributed by atoms with Crippen LogP contribution in [0.2, 0.25) is 0 Å². The van der Waals surface area contributed by atoms with E-state index in [9.17, 15) is 18.0 Å². The van der Waals surface area contributed by atoms with Crippen molar-refractivity contribution in [2.75, 3.05) is 6.54 Å². The summed E-state index contributed by atoms with van der Waals surface area (Å²) >= 11 is 1.65. The van der Waals surface area contributed by atoms with E-state index in [4.69, 9.17) is 0 Å². The molecular formula is C18H28F3N3OS. The lowest BCUT2D eigenvalue weighted by atomic mass is 9.78. The molecule has 8 heteroatoms. The summed E-state index contributed by atoms with van der Waals surface area (Å²) in [7, 11) is 0. The van der Waals surface area contributed by atoms with Crippen LogP contribution in [0.3, 0.4) is 0 Å². The van der Waals surface area contributed by atoms with E-state index >= 15 is 0 Å². The van der Waals surface area contributed by atoms with Crippen LogP contribution in [-0.4, -0.2) is 36.1 Å². The first-order valence-corrected chi connectivity index (χ1v) is 9.88.